The molecule has 2 saturated carbocycles. The predicted molar refractivity (Wildman–Crippen MR) is 90.8 cm³/mol. The zero-order valence-electron chi connectivity index (χ0n) is 14.4. The fourth-order valence-electron chi connectivity index (χ4n) is 3.93. The second-order valence-electron chi connectivity index (χ2n) is 6.96. The van der Waals surface area contributed by atoms with Gasteiger partial charge < -0.3 is 9.47 Å². The van der Waals surface area contributed by atoms with Crippen molar-refractivity contribution in [3.8, 4) is 0 Å². The highest BCUT2D eigenvalue weighted by molar-refractivity contribution is 8.21. The number of halogens is 5. The van der Waals surface area contributed by atoms with Crippen LogP contribution in [0.4, 0.5) is 22.0 Å². The summed E-state index contributed by atoms with van der Waals surface area (Å²) < 4.78 is 102. The first kappa shape index (κ1) is 22.9. The van der Waals surface area contributed by atoms with Crippen molar-refractivity contribution < 1.29 is 54.0 Å². The van der Waals surface area contributed by atoms with E-state index in [1.165, 1.54) is 11.8 Å². The van der Waals surface area contributed by atoms with Gasteiger partial charge >= 0.3 is 33.5 Å². The summed E-state index contributed by atoms with van der Waals surface area (Å²) in [5.74, 6) is -4.93. The van der Waals surface area contributed by atoms with E-state index in [0.717, 1.165) is 11.8 Å². The van der Waals surface area contributed by atoms with Gasteiger partial charge in [-0.3, -0.25) is 4.55 Å². The van der Waals surface area contributed by atoms with Crippen molar-refractivity contribution >= 4 is 45.6 Å². The molecule has 15 heteroatoms. The Morgan fingerprint density at radius 3 is 2.38 bits per heavy atom. The molecule has 1 heterocycles. The molecule has 3 fully saturated rings. The molecule has 166 valence electrons. The van der Waals surface area contributed by atoms with Gasteiger partial charge in [-0.05, 0) is 31.1 Å². The van der Waals surface area contributed by atoms with Gasteiger partial charge in [-0.15, -0.1) is 23.5 Å². The standard InChI is InChI=1S/C14H15F5O7S3/c15-13(16,17)10(20)25-4-8-5-27-12(28-8)7-2-1-6(3-7)9(12)26-11(21)14(18,19)29(22,23)24/h6-9H,1-5H2,(H,22,23,24). The fourth-order valence-corrected chi connectivity index (χ4v) is 8.39. The van der Waals surface area contributed by atoms with Gasteiger partial charge in [0.2, 0.25) is 0 Å². The van der Waals surface area contributed by atoms with E-state index in [9.17, 15) is 40.0 Å². The Balaban J connectivity index is 1.71. The molecule has 29 heavy (non-hydrogen) atoms. The van der Waals surface area contributed by atoms with Crippen LogP contribution in [0.1, 0.15) is 19.3 Å². The summed E-state index contributed by atoms with van der Waals surface area (Å²) in [4.78, 5) is 22.6. The Hall–Kier alpha value is -0.800. The van der Waals surface area contributed by atoms with Crippen molar-refractivity contribution in [2.24, 2.45) is 11.8 Å². The number of fused-ring (bicyclic) bond motifs is 3. The Labute approximate surface area is 170 Å². The minimum Gasteiger partial charge on any atom is -0.458 e. The van der Waals surface area contributed by atoms with Gasteiger partial charge in [0.05, 0.1) is 0 Å². The van der Waals surface area contributed by atoms with E-state index >= 15 is 0 Å². The Kier molecular flexibility index (Phi) is 5.84. The summed E-state index contributed by atoms with van der Waals surface area (Å²) in [6.07, 6.45) is -4.50. The van der Waals surface area contributed by atoms with Crippen LogP contribution in [0.3, 0.4) is 0 Å². The minimum atomic E-state index is -6.02. The van der Waals surface area contributed by atoms with E-state index in [2.05, 4.69) is 4.74 Å². The molecule has 0 amide bonds. The molecule has 1 aliphatic heterocycles. The van der Waals surface area contributed by atoms with Crippen molar-refractivity contribution in [2.45, 2.75) is 46.1 Å². The number of esters is 2. The van der Waals surface area contributed by atoms with E-state index in [-0.39, 0.29) is 17.6 Å². The molecule has 2 bridgehead atoms. The van der Waals surface area contributed by atoms with Gasteiger partial charge in [0.1, 0.15) is 16.8 Å². The van der Waals surface area contributed by atoms with Crippen molar-refractivity contribution in [1.82, 2.24) is 0 Å². The van der Waals surface area contributed by atoms with E-state index in [1.54, 1.807) is 0 Å². The third-order valence-corrected chi connectivity index (χ3v) is 9.96. The highest BCUT2D eigenvalue weighted by Crippen LogP contribution is 2.67. The van der Waals surface area contributed by atoms with Crippen LogP contribution in [-0.2, 0) is 29.2 Å². The number of hydrogen-bond donors (Lipinski definition) is 1. The lowest BCUT2D eigenvalue weighted by Gasteiger charge is -2.39. The lowest BCUT2D eigenvalue weighted by Crippen LogP contribution is -2.48. The number of carbonyl (C=O) groups is 2. The third kappa shape index (κ3) is 4.06. The quantitative estimate of drug-likeness (QED) is 0.356. The number of ether oxygens (including phenoxy) is 2. The van der Waals surface area contributed by atoms with Gasteiger partial charge in [0.15, 0.2) is 0 Å². The Morgan fingerprint density at radius 2 is 1.79 bits per heavy atom. The zero-order valence-corrected chi connectivity index (χ0v) is 16.8. The molecule has 3 aliphatic rings. The zero-order chi connectivity index (χ0) is 21.8. The molecule has 0 aromatic rings. The lowest BCUT2D eigenvalue weighted by atomic mass is 9.96. The smallest absolute Gasteiger partial charge is 0.458 e. The average molecular weight is 486 g/mol. The van der Waals surface area contributed by atoms with Gasteiger partial charge in [-0.1, -0.05) is 0 Å². The number of carbonyl (C=O) groups excluding carboxylic acids is 2. The second kappa shape index (κ2) is 7.41. The topological polar surface area (TPSA) is 107 Å². The first-order valence-corrected chi connectivity index (χ1v) is 11.6. The van der Waals surface area contributed by atoms with Crippen LogP contribution in [0.25, 0.3) is 0 Å². The van der Waals surface area contributed by atoms with Gasteiger partial charge in [0.25, 0.3) is 0 Å². The van der Waals surface area contributed by atoms with Gasteiger partial charge in [-0.2, -0.15) is 30.4 Å². The van der Waals surface area contributed by atoms with Crippen LogP contribution < -0.4 is 0 Å². The molecular weight excluding hydrogens is 471 g/mol. The van der Waals surface area contributed by atoms with Crippen LogP contribution in [0, 0.1) is 11.8 Å². The molecule has 0 radical (unpaired) electrons. The average Bonchev–Trinajstić information content (AvgIpc) is 3.28. The Morgan fingerprint density at radius 1 is 1.14 bits per heavy atom. The van der Waals surface area contributed by atoms with Crippen molar-refractivity contribution in [3.05, 3.63) is 0 Å². The van der Waals surface area contributed by atoms with Crippen LogP contribution in [0.5, 0.6) is 0 Å². The van der Waals surface area contributed by atoms with Gasteiger partial charge in [-0.25, -0.2) is 9.59 Å². The predicted octanol–water partition coefficient (Wildman–Crippen LogP) is 2.46. The minimum absolute atomic E-state index is 0.0945. The van der Waals surface area contributed by atoms with E-state index in [1.807, 2.05) is 0 Å². The summed E-state index contributed by atoms with van der Waals surface area (Å²) in [6, 6.07) is 0. The third-order valence-electron chi connectivity index (χ3n) is 5.14. The highest BCUT2D eigenvalue weighted by Gasteiger charge is 2.66. The molecular formula is C14H15F5O7S3. The summed E-state index contributed by atoms with van der Waals surface area (Å²) in [5, 5.41) is -5.72. The number of rotatable bonds is 5. The maximum atomic E-state index is 13.6. The first-order chi connectivity index (χ1) is 13.2. The van der Waals surface area contributed by atoms with Crippen LogP contribution >= 0.6 is 23.5 Å². The molecule has 0 aromatic carbocycles. The molecule has 5 unspecified atom stereocenters. The summed E-state index contributed by atoms with van der Waals surface area (Å²) in [5.41, 5.74) is 0. The van der Waals surface area contributed by atoms with E-state index in [0.29, 0.717) is 19.3 Å². The van der Waals surface area contributed by atoms with Gasteiger partial charge in [0, 0.05) is 11.0 Å². The van der Waals surface area contributed by atoms with Crippen LogP contribution in [0.2, 0.25) is 0 Å². The highest BCUT2D eigenvalue weighted by atomic mass is 32.2. The maximum Gasteiger partial charge on any atom is 0.490 e. The SMILES string of the molecule is O=C(OCC1CSC2(S1)C1CCC(C1)C2OC(=O)C(F)(F)S(=O)(=O)O)C(F)(F)F. The van der Waals surface area contributed by atoms with E-state index in [4.69, 9.17) is 9.29 Å². The largest absolute Gasteiger partial charge is 0.490 e. The first-order valence-electron chi connectivity index (χ1n) is 8.30. The fraction of sp³-hybridized carbons (Fsp3) is 0.857. The number of hydrogen-bond acceptors (Lipinski definition) is 8. The molecule has 7 nitrogen and oxygen atoms in total. The van der Waals surface area contributed by atoms with Crippen LogP contribution in [0.15, 0.2) is 0 Å². The molecule has 1 saturated heterocycles. The van der Waals surface area contributed by atoms with E-state index < -0.39 is 55.5 Å². The molecule has 1 spiro atoms. The lowest BCUT2D eigenvalue weighted by molar-refractivity contribution is -0.199. The number of alkyl halides is 5. The molecule has 0 aromatic heterocycles. The molecule has 3 rings (SSSR count). The second-order valence-corrected chi connectivity index (χ2v) is 11.6. The Bertz CT molecular complexity index is 802. The maximum absolute atomic E-state index is 13.6. The number of thioether (sulfide) groups is 2. The molecule has 1 N–H and O–H groups in total. The molecule has 5 atom stereocenters. The summed E-state index contributed by atoms with van der Waals surface area (Å²) >= 11 is 2.30. The van der Waals surface area contributed by atoms with Crippen molar-refractivity contribution in [1.29, 1.82) is 0 Å². The normalized spacial score (nSPS) is 34.6. The summed E-state index contributed by atoms with van der Waals surface area (Å²) in [7, 11) is -6.02. The monoisotopic (exact) mass is 486 g/mol. The van der Waals surface area contributed by atoms with Crippen molar-refractivity contribution in [2.75, 3.05) is 12.4 Å². The summed E-state index contributed by atoms with van der Waals surface area (Å²) in [6.45, 7) is -0.559. The van der Waals surface area contributed by atoms with Crippen molar-refractivity contribution in [3.63, 3.8) is 0 Å². The van der Waals surface area contributed by atoms with Crippen LogP contribution in [-0.4, -0.2) is 64.1 Å². The molecule has 2 aliphatic carbocycles.